The normalized spacial score (nSPS) is 25.8. The Bertz CT molecular complexity index is 578. The Balaban J connectivity index is 1.81. The number of urea groups is 1. The summed E-state index contributed by atoms with van der Waals surface area (Å²) in [7, 11) is 1.79. The lowest BCUT2D eigenvalue weighted by Crippen LogP contribution is -2.58. The lowest BCUT2D eigenvalue weighted by atomic mass is 10.1. The molecule has 3 heterocycles. The van der Waals surface area contributed by atoms with Gasteiger partial charge >= 0.3 is 6.03 Å². The van der Waals surface area contributed by atoms with Gasteiger partial charge in [0.25, 0.3) is 0 Å². The van der Waals surface area contributed by atoms with E-state index in [-0.39, 0.29) is 18.0 Å². The predicted molar refractivity (Wildman–Crippen MR) is 74.5 cm³/mol. The Morgan fingerprint density at radius 2 is 2.00 bits per heavy atom. The highest BCUT2D eigenvalue weighted by molar-refractivity contribution is 5.89. The van der Waals surface area contributed by atoms with Gasteiger partial charge in [0, 0.05) is 25.7 Å². The highest BCUT2D eigenvalue weighted by Gasteiger charge is 2.46. The van der Waals surface area contributed by atoms with Crippen LogP contribution in [0.15, 0.2) is 4.52 Å². The first kappa shape index (κ1) is 13.9. The van der Waals surface area contributed by atoms with Crippen LogP contribution in [0.4, 0.5) is 4.79 Å². The number of hydrogen-bond donors (Lipinski definition) is 0. The van der Waals surface area contributed by atoms with Crippen LogP contribution in [-0.2, 0) is 11.3 Å². The molecule has 0 saturated carbocycles. The summed E-state index contributed by atoms with van der Waals surface area (Å²) in [5.41, 5.74) is 1.77. The number of fused-ring (bicyclic) bond motifs is 1. The fourth-order valence-corrected chi connectivity index (χ4v) is 3.26. The van der Waals surface area contributed by atoms with Crippen molar-refractivity contribution < 1.29 is 14.1 Å². The van der Waals surface area contributed by atoms with Crippen LogP contribution in [0.25, 0.3) is 0 Å². The van der Waals surface area contributed by atoms with Gasteiger partial charge in [0.05, 0.1) is 18.3 Å². The van der Waals surface area contributed by atoms with Gasteiger partial charge in [-0.05, 0) is 20.8 Å². The van der Waals surface area contributed by atoms with Crippen LogP contribution in [0.2, 0.25) is 0 Å². The summed E-state index contributed by atoms with van der Waals surface area (Å²) in [6.45, 7) is 7.22. The summed E-state index contributed by atoms with van der Waals surface area (Å²) in [6.07, 6.45) is 0. The van der Waals surface area contributed by atoms with E-state index in [1.165, 1.54) is 0 Å². The average molecular weight is 292 g/mol. The van der Waals surface area contributed by atoms with E-state index < -0.39 is 6.04 Å². The third kappa shape index (κ3) is 2.07. The van der Waals surface area contributed by atoms with Crippen LogP contribution in [0.3, 0.4) is 0 Å². The van der Waals surface area contributed by atoms with E-state index in [0.717, 1.165) is 17.0 Å². The standard InChI is InChI=1S/C14H20N4O3/c1-8-12(10(3)21-15-8)7-17-6-11-5-16(4)13(19)9(2)18(11)14(17)20/h9,11H,5-7H2,1-4H3/t9-,11+/m0/s1. The minimum Gasteiger partial charge on any atom is -0.361 e. The van der Waals surface area contributed by atoms with Crippen molar-refractivity contribution >= 4 is 11.9 Å². The summed E-state index contributed by atoms with van der Waals surface area (Å²) in [4.78, 5) is 29.8. The van der Waals surface area contributed by atoms with Gasteiger partial charge in [0.15, 0.2) is 0 Å². The van der Waals surface area contributed by atoms with Gasteiger partial charge in [0.1, 0.15) is 11.8 Å². The molecule has 3 rings (SSSR count). The fraction of sp³-hybridized carbons (Fsp3) is 0.643. The molecule has 0 spiro atoms. The molecule has 2 atom stereocenters. The zero-order valence-electron chi connectivity index (χ0n) is 12.8. The summed E-state index contributed by atoms with van der Waals surface area (Å²) in [6, 6.07) is -0.402. The SMILES string of the molecule is Cc1noc(C)c1CN1C[C@H]2CN(C)C(=O)[C@H](C)N2C1=O. The molecule has 0 bridgehead atoms. The Labute approximate surface area is 123 Å². The molecule has 2 aliphatic rings. The highest BCUT2D eigenvalue weighted by atomic mass is 16.5. The molecule has 2 fully saturated rings. The Morgan fingerprint density at radius 3 is 2.62 bits per heavy atom. The molecule has 2 aliphatic heterocycles. The molecule has 0 radical (unpaired) electrons. The Kier molecular flexibility index (Phi) is 3.15. The number of aryl methyl sites for hydroxylation is 2. The molecule has 7 nitrogen and oxygen atoms in total. The summed E-state index contributed by atoms with van der Waals surface area (Å²) < 4.78 is 5.15. The lowest BCUT2D eigenvalue weighted by molar-refractivity contribution is -0.139. The fourth-order valence-electron chi connectivity index (χ4n) is 3.26. The molecule has 0 unspecified atom stereocenters. The van der Waals surface area contributed by atoms with Crippen LogP contribution in [0.1, 0.15) is 23.9 Å². The maximum absolute atomic E-state index is 12.6. The van der Waals surface area contributed by atoms with Gasteiger partial charge in [-0.2, -0.15) is 0 Å². The van der Waals surface area contributed by atoms with Crippen LogP contribution in [-0.4, -0.2) is 64.0 Å². The average Bonchev–Trinajstić information content (AvgIpc) is 2.91. The molecular formula is C14H20N4O3. The molecular weight excluding hydrogens is 272 g/mol. The number of rotatable bonds is 2. The van der Waals surface area contributed by atoms with Crippen LogP contribution >= 0.6 is 0 Å². The summed E-state index contributed by atoms with van der Waals surface area (Å²) >= 11 is 0. The number of likely N-dealkylation sites (N-methyl/N-ethyl adjacent to an activating group) is 1. The number of carbonyl (C=O) groups is 2. The maximum atomic E-state index is 12.6. The summed E-state index contributed by atoms with van der Waals surface area (Å²) in [5.74, 6) is 0.741. The number of piperazine rings is 1. The molecule has 1 aromatic heterocycles. The van der Waals surface area contributed by atoms with Crippen molar-refractivity contribution in [2.75, 3.05) is 20.1 Å². The predicted octanol–water partition coefficient (Wildman–Crippen LogP) is 0.758. The van der Waals surface area contributed by atoms with Gasteiger partial charge in [-0.15, -0.1) is 0 Å². The molecule has 114 valence electrons. The van der Waals surface area contributed by atoms with Gasteiger partial charge in [0.2, 0.25) is 5.91 Å². The number of aromatic nitrogens is 1. The van der Waals surface area contributed by atoms with Crippen molar-refractivity contribution in [3.8, 4) is 0 Å². The molecule has 0 N–H and O–H groups in total. The van der Waals surface area contributed by atoms with Crippen molar-refractivity contribution in [2.45, 2.75) is 39.4 Å². The monoisotopic (exact) mass is 292 g/mol. The van der Waals surface area contributed by atoms with Gasteiger partial charge in [-0.25, -0.2) is 4.79 Å². The lowest BCUT2D eigenvalue weighted by Gasteiger charge is -2.38. The maximum Gasteiger partial charge on any atom is 0.321 e. The Hall–Kier alpha value is -2.05. The zero-order valence-corrected chi connectivity index (χ0v) is 12.8. The van der Waals surface area contributed by atoms with E-state index in [4.69, 9.17) is 4.52 Å². The van der Waals surface area contributed by atoms with Crippen molar-refractivity contribution in [3.63, 3.8) is 0 Å². The van der Waals surface area contributed by atoms with E-state index in [1.807, 2.05) is 13.8 Å². The second-order valence-electron chi connectivity index (χ2n) is 5.92. The quantitative estimate of drug-likeness (QED) is 0.807. The largest absolute Gasteiger partial charge is 0.361 e. The van der Waals surface area contributed by atoms with Gasteiger partial charge < -0.3 is 19.2 Å². The molecule has 0 aliphatic carbocycles. The second kappa shape index (κ2) is 4.75. The van der Waals surface area contributed by atoms with Crippen LogP contribution in [0.5, 0.6) is 0 Å². The number of amides is 3. The van der Waals surface area contributed by atoms with Gasteiger partial charge in [-0.3, -0.25) is 4.79 Å². The zero-order chi connectivity index (χ0) is 15.3. The van der Waals surface area contributed by atoms with Crippen molar-refractivity contribution in [2.24, 2.45) is 0 Å². The van der Waals surface area contributed by atoms with E-state index in [0.29, 0.717) is 19.6 Å². The molecule has 2 saturated heterocycles. The van der Waals surface area contributed by atoms with E-state index in [2.05, 4.69) is 5.16 Å². The molecule has 21 heavy (non-hydrogen) atoms. The third-order valence-corrected chi connectivity index (χ3v) is 4.48. The van der Waals surface area contributed by atoms with Crippen molar-refractivity contribution in [3.05, 3.63) is 17.0 Å². The van der Waals surface area contributed by atoms with E-state index in [1.54, 1.807) is 28.7 Å². The summed E-state index contributed by atoms with van der Waals surface area (Å²) in [5, 5.41) is 3.92. The first-order chi connectivity index (χ1) is 9.90. The highest BCUT2D eigenvalue weighted by Crippen LogP contribution is 2.27. The van der Waals surface area contributed by atoms with E-state index in [9.17, 15) is 9.59 Å². The number of nitrogens with zero attached hydrogens (tertiary/aromatic N) is 4. The topological polar surface area (TPSA) is 69.9 Å². The number of carbonyl (C=O) groups excluding carboxylic acids is 2. The van der Waals surface area contributed by atoms with E-state index >= 15 is 0 Å². The first-order valence-electron chi connectivity index (χ1n) is 7.14. The minimum absolute atomic E-state index is 0.00112. The van der Waals surface area contributed by atoms with Crippen molar-refractivity contribution in [1.82, 2.24) is 19.9 Å². The molecule has 0 aromatic carbocycles. The number of hydrogen-bond acceptors (Lipinski definition) is 4. The van der Waals surface area contributed by atoms with Gasteiger partial charge in [-0.1, -0.05) is 5.16 Å². The molecule has 7 heteroatoms. The molecule has 1 aromatic rings. The Morgan fingerprint density at radius 1 is 1.29 bits per heavy atom. The van der Waals surface area contributed by atoms with Crippen LogP contribution in [0, 0.1) is 13.8 Å². The van der Waals surface area contributed by atoms with Crippen molar-refractivity contribution in [1.29, 1.82) is 0 Å². The molecule has 3 amide bonds. The van der Waals surface area contributed by atoms with Crippen LogP contribution < -0.4 is 0 Å². The minimum atomic E-state index is -0.393. The third-order valence-electron chi connectivity index (χ3n) is 4.48. The first-order valence-corrected chi connectivity index (χ1v) is 7.14. The second-order valence-corrected chi connectivity index (χ2v) is 5.92. The smallest absolute Gasteiger partial charge is 0.321 e.